The number of nitrogens with zero attached hydrogens (tertiary/aromatic N) is 1. The highest BCUT2D eigenvalue weighted by Crippen LogP contribution is 2.23. The van der Waals surface area contributed by atoms with Gasteiger partial charge in [0.2, 0.25) is 0 Å². The lowest BCUT2D eigenvalue weighted by atomic mass is 9.90. The molecule has 1 aromatic heterocycles. The van der Waals surface area contributed by atoms with Gasteiger partial charge in [0.1, 0.15) is 0 Å². The maximum Gasteiger partial charge on any atom is 0.251 e. The number of H-pyrrole nitrogens is 1. The fourth-order valence-corrected chi connectivity index (χ4v) is 3.85. The summed E-state index contributed by atoms with van der Waals surface area (Å²) in [5, 5.41) is 0.525. The SMILES string of the molecule is CCCc1cc(=O)[nH]c(SCC(=O)c2ccc3c(c2)CCCC3)n1. The summed E-state index contributed by atoms with van der Waals surface area (Å²) in [6, 6.07) is 7.59. The molecule has 1 aliphatic rings. The van der Waals surface area contributed by atoms with Crippen LogP contribution in [0.15, 0.2) is 34.2 Å². The molecule has 0 fully saturated rings. The van der Waals surface area contributed by atoms with Crippen LogP contribution in [0.25, 0.3) is 0 Å². The molecule has 0 aliphatic heterocycles. The van der Waals surface area contributed by atoms with Gasteiger partial charge in [0, 0.05) is 17.3 Å². The van der Waals surface area contributed by atoms with Crippen LogP contribution < -0.4 is 5.56 Å². The lowest BCUT2D eigenvalue weighted by Gasteiger charge is -2.16. The van der Waals surface area contributed by atoms with Gasteiger partial charge in [0.15, 0.2) is 10.9 Å². The fraction of sp³-hybridized carbons (Fsp3) is 0.421. The minimum absolute atomic E-state index is 0.0805. The number of carbonyl (C=O) groups is 1. The highest BCUT2D eigenvalue weighted by atomic mass is 32.2. The Hall–Kier alpha value is -1.88. The minimum Gasteiger partial charge on any atom is -0.301 e. The number of aryl methyl sites for hydroxylation is 3. The molecular formula is C19H22N2O2S. The molecule has 0 saturated carbocycles. The standard InChI is InChI=1S/C19H22N2O2S/c1-2-5-16-11-18(23)21-19(20-16)24-12-17(22)15-9-8-13-6-3-4-7-14(13)10-15/h8-11H,2-7,12H2,1H3,(H,20,21,23). The first kappa shape index (κ1) is 17.0. The molecule has 3 rings (SSSR count). The third kappa shape index (κ3) is 4.15. The van der Waals surface area contributed by atoms with Crippen molar-refractivity contribution in [3.8, 4) is 0 Å². The van der Waals surface area contributed by atoms with Crippen molar-refractivity contribution in [2.24, 2.45) is 0 Å². The summed E-state index contributed by atoms with van der Waals surface area (Å²) in [5.41, 5.74) is 4.08. The van der Waals surface area contributed by atoms with Gasteiger partial charge in [0.05, 0.1) is 5.75 Å². The number of hydrogen-bond donors (Lipinski definition) is 1. The van der Waals surface area contributed by atoms with Crippen molar-refractivity contribution in [2.75, 3.05) is 5.75 Å². The lowest BCUT2D eigenvalue weighted by Crippen LogP contribution is -2.12. The minimum atomic E-state index is -0.155. The van der Waals surface area contributed by atoms with E-state index in [9.17, 15) is 9.59 Å². The number of rotatable bonds is 6. The van der Waals surface area contributed by atoms with E-state index in [1.54, 1.807) is 0 Å². The Morgan fingerprint density at radius 1 is 1.21 bits per heavy atom. The smallest absolute Gasteiger partial charge is 0.251 e. The first-order valence-corrected chi connectivity index (χ1v) is 9.52. The third-order valence-electron chi connectivity index (χ3n) is 4.29. The van der Waals surface area contributed by atoms with Crippen LogP contribution in [0, 0.1) is 0 Å². The van der Waals surface area contributed by atoms with E-state index in [1.165, 1.54) is 41.8 Å². The second-order valence-electron chi connectivity index (χ2n) is 6.19. The Kier molecular flexibility index (Phi) is 5.51. The quantitative estimate of drug-likeness (QED) is 0.495. The molecule has 126 valence electrons. The molecule has 1 aromatic carbocycles. The molecule has 1 heterocycles. The van der Waals surface area contributed by atoms with Gasteiger partial charge >= 0.3 is 0 Å². The molecule has 0 spiro atoms. The normalized spacial score (nSPS) is 13.5. The number of fused-ring (bicyclic) bond motifs is 1. The maximum atomic E-state index is 12.5. The summed E-state index contributed by atoms with van der Waals surface area (Å²) in [6.45, 7) is 2.05. The molecule has 0 amide bonds. The van der Waals surface area contributed by atoms with Gasteiger partial charge in [-0.25, -0.2) is 4.98 Å². The molecule has 0 radical (unpaired) electrons. The highest BCUT2D eigenvalue weighted by molar-refractivity contribution is 7.99. The van der Waals surface area contributed by atoms with Crippen LogP contribution in [-0.4, -0.2) is 21.5 Å². The van der Waals surface area contributed by atoms with Crippen LogP contribution in [0.1, 0.15) is 53.4 Å². The Labute approximate surface area is 146 Å². The summed E-state index contributed by atoms with van der Waals surface area (Å²) in [7, 11) is 0. The number of nitrogens with one attached hydrogen (secondary N) is 1. The van der Waals surface area contributed by atoms with Crippen molar-refractivity contribution in [1.82, 2.24) is 9.97 Å². The van der Waals surface area contributed by atoms with Gasteiger partial charge in [-0.1, -0.05) is 37.2 Å². The molecule has 4 nitrogen and oxygen atoms in total. The Morgan fingerprint density at radius 3 is 2.79 bits per heavy atom. The molecule has 0 bridgehead atoms. The number of hydrogen-bond acceptors (Lipinski definition) is 4. The average molecular weight is 342 g/mol. The first-order valence-electron chi connectivity index (χ1n) is 8.53. The van der Waals surface area contributed by atoms with E-state index in [2.05, 4.69) is 23.0 Å². The Bertz CT molecular complexity index is 798. The van der Waals surface area contributed by atoms with Crippen molar-refractivity contribution in [3.63, 3.8) is 0 Å². The summed E-state index contributed by atoms with van der Waals surface area (Å²) >= 11 is 1.30. The van der Waals surface area contributed by atoms with E-state index in [4.69, 9.17) is 0 Å². The van der Waals surface area contributed by atoms with Crippen LogP contribution in [-0.2, 0) is 19.3 Å². The van der Waals surface area contributed by atoms with Crippen molar-refractivity contribution in [1.29, 1.82) is 0 Å². The average Bonchev–Trinajstić information content (AvgIpc) is 2.59. The Balaban J connectivity index is 1.68. The topological polar surface area (TPSA) is 62.8 Å². The lowest BCUT2D eigenvalue weighted by molar-refractivity contribution is 0.102. The van der Waals surface area contributed by atoms with E-state index in [1.807, 2.05) is 12.1 Å². The number of aromatic nitrogens is 2. The van der Waals surface area contributed by atoms with E-state index in [-0.39, 0.29) is 17.1 Å². The summed E-state index contributed by atoms with van der Waals surface area (Å²) in [5.74, 6) is 0.369. The number of benzene rings is 1. The molecular weight excluding hydrogens is 320 g/mol. The largest absolute Gasteiger partial charge is 0.301 e. The zero-order valence-corrected chi connectivity index (χ0v) is 14.7. The fourth-order valence-electron chi connectivity index (χ4n) is 3.06. The van der Waals surface area contributed by atoms with Gasteiger partial charge in [-0.15, -0.1) is 0 Å². The zero-order chi connectivity index (χ0) is 16.9. The van der Waals surface area contributed by atoms with E-state index in [0.717, 1.165) is 36.9 Å². The van der Waals surface area contributed by atoms with Gasteiger partial charge in [-0.2, -0.15) is 0 Å². The first-order chi connectivity index (χ1) is 11.7. The highest BCUT2D eigenvalue weighted by Gasteiger charge is 2.13. The summed E-state index contributed by atoms with van der Waals surface area (Å²) in [4.78, 5) is 31.2. The van der Waals surface area contributed by atoms with Crippen LogP contribution in [0.2, 0.25) is 0 Å². The monoisotopic (exact) mass is 342 g/mol. The predicted molar refractivity (Wildman–Crippen MR) is 97.0 cm³/mol. The predicted octanol–water partition coefficient (Wildman–Crippen LogP) is 3.58. The van der Waals surface area contributed by atoms with Crippen LogP contribution in [0.3, 0.4) is 0 Å². The molecule has 2 aromatic rings. The van der Waals surface area contributed by atoms with Crippen LogP contribution >= 0.6 is 11.8 Å². The molecule has 24 heavy (non-hydrogen) atoms. The number of ketones is 1. The van der Waals surface area contributed by atoms with Crippen molar-refractivity contribution < 1.29 is 4.79 Å². The van der Waals surface area contributed by atoms with Crippen LogP contribution in [0.5, 0.6) is 0 Å². The van der Waals surface area contributed by atoms with Crippen molar-refractivity contribution >= 4 is 17.5 Å². The third-order valence-corrected chi connectivity index (χ3v) is 5.16. The van der Waals surface area contributed by atoms with Gasteiger partial charge in [0.25, 0.3) is 5.56 Å². The molecule has 0 saturated heterocycles. The van der Waals surface area contributed by atoms with Gasteiger partial charge in [-0.3, -0.25) is 9.59 Å². The number of carbonyl (C=O) groups excluding carboxylic acids is 1. The van der Waals surface area contributed by atoms with Crippen molar-refractivity contribution in [3.05, 3.63) is 57.0 Å². The molecule has 1 aliphatic carbocycles. The zero-order valence-electron chi connectivity index (χ0n) is 13.9. The Morgan fingerprint density at radius 2 is 2.00 bits per heavy atom. The molecule has 5 heteroatoms. The summed E-state index contributed by atoms with van der Waals surface area (Å²) < 4.78 is 0. The maximum absolute atomic E-state index is 12.5. The van der Waals surface area contributed by atoms with E-state index in [0.29, 0.717) is 5.16 Å². The molecule has 0 atom stereocenters. The van der Waals surface area contributed by atoms with Gasteiger partial charge in [-0.05, 0) is 49.3 Å². The molecule has 1 N–H and O–H groups in total. The van der Waals surface area contributed by atoms with Crippen molar-refractivity contribution in [2.45, 2.75) is 50.6 Å². The van der Waals surface area contributed by atoms with E-state index < -0.39 is 0 Å². The second-order valence-corrected chi connectivity index (χ2v) is 7.16. The van der Waals surface area contributed by atoms with Gasteiger partial charge < -0.3 is 4.98 Å². The number of thioether (sulfide) groups is 1. The summed E-state index contributed by atoms with van der Waals surface area (Å²) in [6.07, 6.45) is 6.34. The number of Topliss-reactive ketones (excluding diaryl/α,β-unsaturated/α-hetero) is 1. The number of aromatic amines is 1. The van der Waals surface area contributed by atoms with Crippen LogP contribution in [0.4, 0.5) is 0 Å². The van der Waals surface area contributed by atoms with E-state index >= 15 is 0 Å². The molecule has 0 unspecified atom stereocenters. The second kappa shape index (κ2) is 7.79.